The van der Waals surface area contributed by atoms with Crippen LogP contribution in [0, 0.1) is 0 Å². The van der Waals surface area contributed by atoms with E-state index in [0.29, 0.717) is 17.1 Å². The fraction of sp³-hybridized carbons (Fsp3) is 0.222. The second kappa shape index (κ2) is 3.79. The number of halogens is 2. The number of phenols is 1. The number of benzene rings is 1. The lowest BCUT2D eigenvalue weighted by molar-refractivity contribution is 0.247. The lowest BCUT2D eigenvalue weighted by Crippen LogP contribution is -2.21. The van der Waals surface area contributed by atoms with Crippen molar-refractivity contribution in [2.24, 2.45) is 0 Å². The first-order valence-corrected chi connectivity index (χ1v) is 5.06. The molecular weight excluding hydrogens is 239 g/mol. The molecule has 3 N–H and O–H groups in total. The molecule has 1 aromatic carbocycles. The molecule has 1 aliphatic rings. The number of urea groups is 1. The maximum atomic E-state index is 10.9. The third-order valence-electron chi connectivity index (χ3n) is 2.21. The molecule has 1 aliphatic heterocycles. The second-order valence-corrected chi connectivity index (χ2v) is 4.08. The number of hydrogen-bond acceptors (Lipinski definition) is 2. The van der Waals surface area contributed by atoms with Crippen molar-refractivity contribution in [2.75, 3.05) is 6.54 Å². The van der Waals surface area contributed by atoms with Gasteiger partial charge in [0.05, 0.1) is 11.1 Å². The Balaban J connectivity index is 2.39. The summed E-state index contributed by atoms with van der Waals surface area (Å²) in [6.45, 7) is 0.406. The molecule has 0 bridgehead atoms. The van der Waals surface area contributed by atoms with Crippen LogP contribution >= 0.6 is 23.2 Å². The van der Waals surface area contributed by atoms with Gasteiger partial charge >= 0.3 is 6.03 Å². The lowest BCUT2D eigenvalue weighted by atomic mass is 10.1. The van der Waals surface area contributed by atoms with Crippen LogP contribution in [0.1, 0.15) is 11.6 Å². The SMILES string of the molecule is O=C1NC[C@@H](c2cc(Cl)cc(Cl)c2O)N1. The van der Waals surface area contributed by atoms with Crippen LogP contribution in [-0.2, 0) is 0 Å². The molecule has 1 atom stereocenters. The topological polar surface area (TPSA) is 61.4 Å². The lowest BCUT2D eigenvalue weighted by Gasteiger charge is -2.12. The molecule has 0 aromatic heterocycles. The molecule has 1 aromatic rings. The molecule has 1 fully saturated rings. The van der Waals surface area contributed by atoms with Gasteiger partial charge in [-0.05, 0) is 12.1 Å². The van der Waals surface area contributed by atoms with Gasteiger partial charge in [0.25, 0.3) is 0 Å². The van der Waals surface area contributed by atoms with Gasteiger partial charge < -0.3 is 15.7 Å². The molecule has 2 rings (SSSR count). The van der Waals surface area contributed by atoms with Crippen LogP contribution in [0.5, 0.6) is 5.75 Å². The standard InChI is InChI=1S/C9H8Cl2N2O2/c10-4-1-5(8(14)6(11)2-4)7-3-12-9(15)13-7/h1-2,7,14H,3H2,(H2,12,13,15)/t7-/m0/s1. The van der Waals surface area contributed by atoms with Gasteiger partial charge in [-0.2, -0.15) is 0 Å². The fourth-order valence-corrected chi connectivity index (χ4v) is 2.00. The number of nitrogens with one attached hydrogen (secondary N) is 2. The van der Waals surface area contributed by atoms with Gasteiger partial charge in [0.2, 0.25) is 0 Å². The van der Waals surface area contributed by atoms with E-state index >= 15 is 0 Å². The van der Waals surface area contributed by atoms with Gasteiger partial charge in [-0.25, -0.2) is 4.79 Å². The van der Waals surface area contributed by atoms with Crippen molar-refractivity contribution >= 4 is 29.2 Å². The molecule has 0 radical (unpaired) electrons. The highest BCUT2D eigenvalue weighted by Crippen LogP contribution is 2.35. The smallest absolute Gasteiger partial charge is 0.315 e. The van der Waals surface area contributed by atoms with Crippen LogP contribution < -0.4 is 10.6 Å². The van der Waals surface area contributed by atoms with Crippen molar-refractivity contribution in [2.45, 2.75) is 6.04 Å². The van der Waals surface area contributed by atoms with Crippen molar-refractivity contribution in [3.63, 3.8) is 0 Å². The van der Waals surface area contributed by atoms with Gasteiger partial charge in [-0.15, -0.1) is 0 Å². The maximum Gasteiger partial charge on any atom is 0.315 e. The highest BCUT2D eigenvalue weighted by Gasteiger charge is 2.25. The van der Waals surface area contributed by atoms with Crippen molar-refractivity contribution in [3.05, 3.63) is 27.7 Å². The Kier molecular flexibility index (Phi) is 2.63. The Morgan fingerprint density at radius 1 is 1.40 bits per heavy atom. The van der Waals surface area contributed by atoms with Crippen LogP contribution in [0.3, 0.4) is 0 Å². The molecule has 1 heterocycles. The molecular formula is C9H8Cl2N2O2. The minimum absolute atomic E-state index is 0.0462. The number of rotatable bonds is 1. The third-order valence-corrected chi connectivity index (χ3v) is 2.71. The predicted octanol–water partition coefficient (Wildman–Crippen LogP) is 2.05. The Bertz CT molecular complexity index is 423. The number of phenolic OH excluding ortho intramolecular Hbond substituents is 1. The number of carbonyl (C=O) groups excluding carboxylic acids is 1. The Morgan fingerprint density at radius 2 is 2.13 bits per heavy atom. The van der Waals surface area contributed by atoms with Crippen LogP contribution in [0.4, 0.5) is 4.79 Å². The largest absolute Gasteiger partial charge is 0.506 e. The first-order chi connectivity index (χ1) is 7.08. The highest BCUT2D eigenvalue weighted by atomic mass is 35.5. The monoisotopic (exact) mass is 246 g/mol. The molecule has 0 spiro atoms. The van der Waals surface area contributed by atoms with E-state index in [-0.39, 0.29) is 22.8 Å². The fourth-order valence-electron chi connectivity index (χ4n) is 1.49. The Labute approximate surface area is 96.2 Å². The van der Waals surface area contributed by atoms with E-state index in [9.17, 15) is 9.90 Å². The second-order valence-electron chi connectivity index (χ2n) is 3.23. The summed E-state index contributed by atoms with van der Waals surface area (Å²) in [6.07, 6.45) is 0. The Morgan fingerprint density at radius 3 is 2.73 bits per heavy atom. The summed E-state index contributed by atoms with van der Waals surface area (Å²) in [5, 5.41) is 15.5. The Hall–Kier alpha value is -1.13. The van der Waals surface area contributed by atoms with E-state index in [2.05, 4.69) is 10.6 Å². The molecule has 4 nitrogen and oxygen atoms in total. The molecule has 0 aliphatic carbocycles. The summed E-state index contributed by atoms with van der Waals surface area (Å²) < 4.78 is 0. The van der Waals surface area contributed by atoms with Gasteiger partial charge in [0.1, 0.15) is 5.75 Å². The minimum atomic E-state index is -0.298. The predicted molar refractivity (Wildman–Crippen MR) is 57.4 cm³/mol. The number of carbonyl (C=O) groups is 1. The zero-order valence-electron chi connectivity index (χ0n) is 7.55. The van der Waals surface area contributed by atoms with E-state index in [1.807, 2.05) is 0 Å². The van der Waals surface area contributed by atoms with Gasteiger partial charge in [0, 0.05) is 17.1 Å². The summed E-state index contributed by atoms with van der Waals surface area (Å²) in [5.41, 5.74) is 0.519. The van der Waals surface area contributed by atoms with E-state index in [4.69, 9.17) is 23.2 Å². The van der Waals surface area contributed by atoms with Crippen LogP contribution in [-0.4, -0.2) is 17.7 Å². The zero-order chi connectivity index (χ0) is 11.0. The van der Waals surface area contributed by atoms with E-state index < -0.39 is 0 Å². The maximum absolute atomic E-state index is 10.9. The molecule has 6 heteroatoms. The van der Waals surface area contributed by atoms with Crippen molar-refractivity contribution in [1.82, 2.24) is 10.6 Å². The van der Waals surface area contributed by atoms with Crippen LogP contribution in [0.15, 0.2) is 12.1 Å². The van der Waals surface area contributed by atoms with Crippen molar-refractivity contribution in [3.8, 4) is 5.75 Å². The summed E-state index contributed by atoms with van der Waals surface area (Å²) in [4.78, 5) is 10.9. The first-order valence-electron chi connectivity index (χ1n) is 4.30. The molecule has 15 heavy (non-hydrogen) atoms. The third kappa shape index (κ3) is 1.96. The number of amides is 2. The van der Waals surface area contributed by atoms with Crippen LogP contribution in [0.25, 0.3) is 0 Å². The summed E-state index contributed by atoms with van der Waals surface area (Å²) in [6, 6.07) is 2.47. The van der Waals surface area contributed by atoms with E-state index in [1.165, 1.54) is 6.07 Å². The molecule has 1 saturated heterocycles. The van der Waals surface area contributed by atoms with Gasteiger partial charge in [-0.3, -0.25) is 0 Å². The highest BCUT2D eigenvalue weighted by molar-refractivity contribution is 6.35. The molecule has 80 valence electrons. The number of aromatic hydroxyl groups is 1. The average Bonchev–Trinajstić information content (AvgIpc) is 2.58. The summed E-state index contributed by atoms with van der Waals surface area (Å²) in [5.74, 6) is -0.0462. The van der Waals surface area contributed by atoms with E-state index in [0.717, 1.165) is 0 Å². The summed E-state index contributed by atoms with van der Waals surface area (Å²) in [7, 11) is 0. The van der Waals surface area contributed by atoms with E-state index in [1.54, 1.807) is 6.07 Å². The molecule has 0 unspecified atom stereocenters. The normalized spacial score (nSPS) is 19.9. The molecule has 0 saturated carbocycles. The van der Waals surface area contributed by atoms with Crippen molar-refractivity contribution < 1.29 is 9.90 Å². The van der Waals surface area contributed by atoms with Gasteiger partial charge in [-0.1, -0.05) is 23.2 Å². The minimum Gasteiger partial charge on any atom is -0.506 e. The van der Waals surface area contributed by atoms with Crippen LogP contribution in [0.2, 0.25) is 10.0 Å². The van der Waals surface area contributed by atoms with Crippen molar-refractivity contribution in [1.29, 1.82) is 0 Å². The number of hydrogen-bond donors (Lipinski definition) is 3. The quantitative estimate of drug-likeness (QED) is 0.711. The summed E-state index contributed by atoms with van der Waals surface area (Å²) >= 11 is 11.6. The van der Waals surface area contributed by atoms with Gasteiger partial charge in [0.15, 0.2) is 0 Å². The first kappa shape index (κ1) is 10.4. The zero-order valence-corrected chi connectivity index (χ0v) is 9.06. The average molecular weight is 247 g/mol. The molecule has 2 amide bonds.